The van der Waals surface area contributed by atoms with Crippen LogP contribution in [-0.4, -0.2) is 14.5 Å². The molecule has 3 nitrogen and oxygen atoms in total. The lowest BCUT2D eigenvalue weighted by Crippen LogP contribution is -2.15. The third-order valence-corrected chi connectivity index (χ3v) is 15.2. The summed E-state index contributed by atoms with van der Waals surface area (Å²) < 4.78 is 2.47. The van der Waals surface area contributed by atoms with Gasteiger partial charge in [0.05, 0.1) is 22.2 Å². The number of hydrogen-bond acceptors (Lipinski definition) is 2. The molecule has 0 aliphatic heterocycles. The standard InChI is InChI=1S/C68H49N3/c1-5-7-20-43(6-2)56-41-62-64(54-28-16-14-25-50(54)56)65-55-29-17-15-26-51(55)57(46-23-12-9-13-24-46)42-63(65)71(62)49-36-38-61-58(40-49)66(47-33-31-45(32-34-47)44-21-10-8-11-22-44)70-67(69-61)48-35-37-53-52-27-18-19-30-59(52)68(3,4)60(53)39-48/h1,6-10,12-21,23-42H,11,22H2,2-4H3/b20-7-,43-6+. The lowest BCUT2D eigenvalue weighted by molar-refractivity contribution is 0.660. The van der Waals surface area contributed by atoms with Crippen molar-refractivity contribution < 1.29 is 0 Å². The third-order valence-electron chi connectivity index (χ3n) is 15.2. The monoisotopic (exact) mass is 907 g/mol. The Hall–Kier alpha value is -8.84. The molecule has 0 fully saturated rings. The SMILES string of the molecule is C#C/C=C\C(=C/C)c1cc2c(c3ccccc13)c1c3ccccc3c(-c3ccccc3)cc1n2-c1ccc2nc(-c3ccc4c(c3)C(C)(C)c3ccccc3-4)nc(-c3ccc(C4=CC=CCC4)cc3)c2c1. The zero-order chi connectivity index (χ0) is 47.8. The molecule has 0 saturated carbocycles. The fourth-order valence-electron chi connectivity index (χ4n) is 11.7. The van der Waals surface area contributed by atoms with Crippen LogP contribution in [0.3, 0.4) is 0 Å². The maximum Gasteiger partial charge on any atom is 0.160 e. The Bertz CT molecular complexity index is 4190. The van der Waals surface area contributed by atoms with Crippen molar-refractivity contribution in [2.45, 2.75) is 39.0 Å². The Morgan fingerprint density at radius 1 is 0.592 bits per heavy atom. The first-order chi connectivity index (χ1) is 34.9. The van der Waals surface area contributed by atoms with Crippen molar-refractivity contribution in [2.24, 2.45) is 0 Å². The van der Waals surface area contributed by atoms with Gasteiger partial charge in [-0.2, -0.15) is 0 Å². The summed E-state index contributed by atoms with van der Waals surface area (Å²) in [5.74, 6) is 3.45. The van der Waals surface area contributed by atoms with Crippen LogP contribution in [0.25, 0.3) is 116 Å². The molecule has 71 heavy (non-hydrogen) atoms. The fraction of sp³-hybridized carbons (Fsp3) is 0.0882. The third kappa shape index (κ3) is 6.74. The first-order valence-electron chi connectivity index (χ1n) is 24.7. The first-order valence-corrected chi connectivity index (χ1v) is 24.7. The van der Waals surface area contributed by atoms with E-state index in [0.29, 0.717) is 5.82 Å². The number of terminal acetylenes is 1. The number of allylic oxidation sites excluding steroid dienone is 8. The molecule has 2 heterocycles. The van der Waals surface area contributed by atoms with E-state index >= 15 is 0 Å². The summed E-state index contributed by atoms with van der Waals surface area (Å²) in [6.07, 6.45) is 20.6. The quantitative estimate of drug-likeness (QED) is 0.118. The molecule has 2 aliphatic rings. The van der Waals surface area contributed by atoms with Gasteiger partial charge in [0.25, 0.3) is 0 Å². The van der Waals surface area contributed by atoms with Crippen LogP contribution in [0.15, 0.2) is 212 Å². The highest BCUT2D eigenvalue weighted by Crippen LogP contribution is 2.50. The van der Waals surface area contributed by atoms with E-state index in [2.05, 4.69) is 231 Å². The highest BCUT2D eigenvalue weighted by atomic mass is 15.0. The Labute approximate surface area is 414 Å². The van der Waals surface area contributed by atoms with Crippen LogP contribution in [0.4, 0.5) is 0 Å². The van der Waals surface area contributed by atoms with Gasteiger partial charge in [-0.05, 0) is 146 Å². The molecule has 0 spiro atoms. The molecule has 0 bridgehead atoms. The number of fused-ring (bicyclic) bond motifs is 11. The van der Waals surface area contributed by atoms with Gasteiger partial charge in [0.2, 0.25) is 0 Å². The molecule has 2 aliphatic carbocycles. The molecule has 9 aromatic carbocycles. The van der Waals surface area contributed by atoms with Crippen LogP contribution < -0.4 is 0 Å². The maximum absolute atomic E-state index is 5.83. The van der Waals surface area contributed by atoms with Gasteiger partial charge < -0.3 is 4.57 Å². The predicted molar refractivity (Wildman–Crippen MR) is 301 cm³/mol. The molecule has 2 aromatic heterocycles. The lowest BCUT2D eigenvalue weighted by atomic mass is 9.82. The Morgan fingerprint density at radius 3 is 2.03 bits per heavy atom. The van der Waals surface area contributed by atoms with Crippen LogP contribution in [0.5, 0.6) is 0 Å². The number of rotatable bonds is 7. The van der Waals surface area contributed by atoms with Gasteiger partial charge in [-0.15, -0.1) is 6.42 Å². The van der Waals surface area contributed by atoms with E-state index < -0.39 is 0 Å². The molecule has 0 N–H and O–H groups in total. The van der Waals surface area contributed by atoms with Gasteiger partial charge >= 0.3 is 0 Å². The summed E-state index contributed by atoms with van der Waals surface area (Å²) in [7, 11) is 0. The summed E-state index contributed by atoms with van der Waals surface area (Å²) in [5.41, 5.74) is 19.3. The lowest BCUT2D eigenvalue weighted by Gasteiger charge is -2.22. The van der Waals surface area contributed by atoms with E-state index in [1.54, 1.807) is 6.08 Å². The normalized spacial score (nSPS) is 14.2. The second kappa shape index (κ2) is 16.7. The first kappa shape index (κ1) is 42.3. The summed E-state index contributed by atoms with van der Waals surface area (Å²) in [5, 5.41) is 8.20. The summed E-state index contributed by atoms with van der Waals surface area (Å²) in [4.78, 5) is 11.0. The summed E-state index contributed by atoms with van der Waals surface area (Å²) >= 11 is 0. The van der Waals surface area contributed by atoms with Crippen molar-refractivity contribution >= 4 is 65.4 Å². The van der Waals surface area contributed by atoms with Crippen LogP contribution in [0.1, 0.15) is 55.9 Å². The van der Waals surface area contributed by atoms with Gasteiger partial charge in [0.1, 0.15) is 0 Å². The van der Waals surface area contributed by atoms with E-state index in [1.165, 1.54) is 76.8 Å². The molecule has 3 heteroatoms. The molecule has 0 atom stereocenters. The van der Waals surface area contributed by atoms with Crippen molar-refractivity contribution in [1.82, 2.24) is 14.5 Å². The van der Waals surface area contributed by atoms with E-state index in [-0.39, 0.29) is 5.41 Å². The van der Waals surface area contributed by atoms with Gasteiger partial charge in [-0.3, -0.25) is 0 Å². The molecule has 11 aromatic rings. The Balaban J connectivity index is 1.10. The zero-order valence-electron chi connectivity index (χ0n) is 40.0. The minimum atomic E-state index is -0.153. The molecular formula is C68H49N3. The number of hydrogen-bond donors (Lipinski definition) is 0. The fourth-order valence-corrected chi connectivity index (χ4v) is 11.7. The summed E-state index contributed by atoms with van der Waals surface area (Å²) in [6, 6.07) is 64.6. The van der Waals surface area contributed by atoms with E-state index in [9.17, 15) is 0 Å². The number of aromatic nitrogens is 3. The average Bonchev–Trinajstić information content (AvgIpc) is 3.88. The van der Waals surface area contributed by atoms with Gasteiger partial charge in [0.15, 0.2) is 5.82 Å². The van der Waals surface area contributed by atoms with Crippen LogP contribution in [0, 0.1) is 12.3 Å². The van der Waals surface area contributed by atoms with Crippen molar-refractivity contribution in [1.29, 1.82) is 0 Å². The molecule has 0 saturated heterocycles. The number of nitrogens with zero attached hydrogens (tertiary/aromatic N) is 3. The van der Waals surface area contributed by atoms with Crippen LogP contribution in [0.2, 0.25) is 0 Å². The average molecular weight is 908 g/mol. The Kier molecular flexibility index (Phi) is 9.94. The topological polar surface area (TPSA) is 30.7 Å². The van der Waals surface area contributed by atoms with Gasteiger partial charge in [-0.25, -0.2) is 9.97 Å². The van der Waals surface area contributed by atoms with Crippen LogP contribution in [-0.2, 0) is 5.41 Å². The molecule has 0 radical (unpaired) electrons. The van der Waals surface area contributed by atoms with Gasteiger partial charge in [-0.1, -0.05) is 184 Å². The van der Waals surface area contributed by atoms with Crippen molar-refractivity contribution in [3.63, 3.8) is 0 Å². The van der Waals surface area contributed by atoms with Crippen molar-refractivity contribution in [2.75, 3.05) is 0 Å². The van der Waals surface area contributed by atoms with Crippen LogP contribution >= 0.6 is 0 Å². The predicted octanol–water partition coefficient (Wildman–Crippen LogP) is 17.7. The van der Waals surface area contributed by atoms with Gasteiger partial charge in [0, 0.05) is 38.4 Å². The van der Waals surface area contributed by atoms with E-state index in [4.69, 9.17) is 16.4 Å². The molecular weight excluding hydrogens is 859 g/mol. The highest BCUT2D eigenvalue weighted by molar-refractivity contribution is 6.31. The number of benzene rings is 9. The minimum Gasteiger partial charge on any atom is -0.309 e. The second-order valence-electron chi connectivity index (χ2n) is 19.4. The largest absolute Gasteiger partial charge is 0.309 e. The highest BCUT2D eigenvalue weighted by Gasteiger charge is 2.35. The second-order valence-corrected chi connectivity index (χ2v) is 19.4. The molecule has 13 rings (SSSR count). The van der Waals surface area contributed by atoms with E-state index in [0.717, 1.165) is 68.4 Å². The molecule has 336 valence electrons. The summed E-state index contributed by atoms with van der Waals surface area (Å²) in [6.45, 7) is 6.74. The smallest absolute Gasteiger partial charge is 0.160 e. The van der Waals surface area contributed by atoms with E-state index in [1.807, 2.05) is 6.08 Å². The molecule has 0 unspecified atom stereocenters. The van der Waals surface area contributed by atoms with Crippen molar-refractivity contribution in [3.05, 3.63) is 235 Å². The van der Waals surface area contributed by atoms with Crippen molar-refractivity contribution in [3.8, 4) is 62.9 Å². The Morgan fingerprint density at radius 2 is 1.27 bits per heavy atom. The minimum absolute atomic E-state index is 0.153. The zero-order valence-corrected chi connectivity index (χ0v) is 40.0. The molecule has 0 amide bonds. The maximum atomic E-state index is 5.83.